The number of thioether (sulfide) groups is 1. The Hall–Kier alpha value is -1.90. The van der Waals surface area contributed by atoms with Gasteiger partial charge in [0.25, 0.3) is 5.91 Å². The molecule has 9 heteroatoms. The van der Waals surface area contributed by atoms with Crippen molar-refractivity contribution in [1.82, 2.24) is 13.6 Å². The number of amides is 1. The molecule has 2 aliphatic heterocycles. The molecule has 0 unspecified atom stereocenters. The maximum atomic E-state index is 12.2. The third kappa shape index (κ3) is 3.62. The molecule has 1 amide bonds. The molecule has 0 spiro atoms. The largest absolute Gasteiger partial charge is 0.350 e. The van der Waals surface area contributed by atoms with Crippen LogP contribution >= 0.6 is 35.1 Å². The molecule has 0 radical (unpaired) electrons. The standard InChI is InChI=1S/C17H16ClN5OS2/c1-11-2-4-12(5-3-11)10-13-16(24)19-17(25-13)23-8-6-22(7-9-23)15-14(18)20-26-21-15/h2-5,10H,6-9H2,1H3. The summed E-state index contributed by atoms with van der Waals surface area (Å²) in [7, 11) is 0. The molecule has 2 aliphatic rings. The minimum absolute atomic E-state index is 0.167. The number of anilines is 1. The Balaban J connectivity index is 1.41. The number of aryl methyl sites for hydroxylation is 1. The molecule has 2 aromatic rings. The van der Waals surface area contributed by atoms with Crippen molar-refractivity contribution in [2.45, 2.75) is 6.92 Å². The SMILES string of the molecule is Cc1ccc(C=C2SC(N3CCN(c4nsnc4Cl)CC3)=NC2=O)cc1. The van der Waals surface area contributed by atoms with Crippen molar-refractivity contribution in [3.63, 3.8) is 0 Å². The summed E-state index contributed by atoms with van der Waals surface area (Å²) < 4.78 is 8.26. The molecule has 0 N–H and O–H groups in total. The third-order valence-electron chi connectivity index (χ3n) is 4.27. The molecular weight excluding hydrogens is 390 g/mol. The van der Waals surface area contributed by atoms with Crippen LogP contribution in [-0.4, -0.2) is 50.9 Å². The van der Waals surface area contributed by atoms with E-state index in [2.05, 4.69) is 23.5 Å². The van der Waals surface area contributed by atoms with Crippen molar-refractivity contribution >= 4 is 58.1 Å². The van der Waals surface area contributed by atoms with E-state index in [4.69, 9.17) is 11.6 Å². The number of hydrogen-bond donors (Lipinski definition) is 0. The number of rotatable bonds is 2. The van der Waals surface area contributed by atoms with Crippen molar-refractivity contribution in [2.75, 3.05) is 31.1 Å². The molecule has 3 heterocycles. The molecule has 0 saturated carbocycles. The molecule has 0 bridgehead atoms. The number of aromatic nitrogens is 2. The van der Waals surface area contributed by atoms with Crippen LogP contribution in [0.5, 0.6) is 0 Å². The third-order valence-corrected chi connectivity index (χ3v) is 6.18. The highest BCUT2D eigenvalue weighted by Crippen LogP contribution is 2.31. The fourth-order valence-corrected chi connectivity index (χ4v) is 4.56. The first-order valence-electron chi connectivity index (χ1n) is 8.17. The molecule has 1 aromatic carbocycles. The normalized spacial score (nSPS) is 19.4. The van der Waals surface area contributed by atoms with Crippen LogP contribution in [0.2, 0.25) is 5.15 Å². The zero-order chi connectivity index (χ0) is 18.1. The zero-order valence-electron chi connectivity index (χ0n) is 14.1. The van der Waals surface area contributed by atoms with E-state index in [0.29, 0.717) is 10.1 Å². The van der Waals surface area contributed by atoms with Gasteiger partial charge < -0.3 is 9.80 Å². The molecule has 1 fully saturated rings. The van der Waals surface area contributed by atoms with Crippen molar-refractivity contribution < 1.29 is 4.79 Å². The second kappa shape index (κ2) is 7.38. The molecule has 4 rings (SSSR count). The lowest BCUT2D eigenvalue weighted by atomic mass is 10.1. The summed E-state index contributed by atoms with van der Waals surface area (Å²) in [5.41, 5.74) is 2.21. The van der Waals surface area contributed by atoms with Gasteiger partial charge in [-0.1, -0.05) is 41.4 Å². The monoisotopic (exact) mass is 405 g/mol. The summed E-state index contributed by atoms with van der Waals surface area (Å²) in [6.45, 7) is 5.13. The molecule has 6 nitrogen and oxygen atoms in total. The Bertz CT molecular complexity index is 885. The van der Waals surface area contributed by atoms with Gasteiger partial charge in [0, 0.05) is 26.2 Å². The number of piperazine rings is 1. The lowest BCUT2D eigenvalue weighted by molar-refractivity contribution is -0.113. The number of halogens is 1. The van der Waals surface area contributed by atoms with Gasteiger partial charge in [0.05, 0.1) is 16.6 Å². The van der Waals surface area contributed by atoms with E-state index in [1.165, 1.54) is 17.3 Å². The number of hydrogen-bond acceptors (Lipinski definition) is 7. The van der Waals surface area contributed by atoms with E-state index >= 15 is 0 Å². The van der Waals surface area contributed by atoms with Gasteiger partial charge in [-0.05, 0) is 30.3 Å². The maximum absolute atomic E-state index is 12.2. The van der Waals surface area contributed by atoms with Crippen LogP contribution < -0.4 is 4.90 Å². The minimum Gasteiger partial charge on any atom is -0.350 e. The first-order chi connectivity index (χ1) is 12.6. The predicted octanol–water partition coefficient (Wildman–Crippen LogP) is 3.29. The van der Waals surface area contributed by atoms with Crippen molar-refractivity contribution in [1.29, 1.82) is 0 Å². The van der Waals surface area contributed by atoms with E-state index in [-0.39, 0.29) is 5.91 Å². The van der Waals surface area contributed by atoms with Gasteiger partial charge in [0.1, 0.15) is 0 Å². The molecule has 1 aromatic heterocycles. The Morgan fingerprint density at radius 1 is 1.08 bits per heavy atom. The number of carbonyl (C=O) groups is 1. The summed E-state index contributed by atoms with van der Waals surface area (Å²) >= 11 is 8.63. The lowest BCUT2D eigenvalue weighted by Crippen LogP contribution is -2.48. The van der Waals surface area contributed by atoms with E-state index in [9.17, 15) is 4.79 Å². The van der Waals surface area contributed by atoms with Gasteiger partial charge in [-0.3, -0.25) is 4.79 Å². The smallest absolute Gasteiger partial charge is 0.286 e. The molecular formula is C17H16ClN5OS2. The topological polar surface area (TPSA) is 61.7 Å². The Morgan fingerprint density at radius 2 is 1.77 bits per heavy atom. The number of amidine groups is 1. The Labute approximate surface area is 164 Å². The second-order valence-electron chi connectivity index (χ2n) is 6.07. The molecule has 0 aliphatic carbocycles. The first-order valence-corrected chi connectivity index (χ1v) is 10.1. The molecule has 26 heavy (non-hydrogen) atoms. The van der Waals surface area contributed by atoms with Crippen LogP contribution in [0.25, 0.3) is 6.08 Å². The van der Waals surface area contributed by atoms with Crippen molar-refractivity contribution in [2.24, 2.45) is 4.99 Å². The molecule has 0 atom stereocenters. The van der Waals surface area contributed by atoms with Gasteiger partial charge in [0.2, 0.25) is 0 Å². The van der Waals surface area contributed by atoms with Crippen LogP contribution in [0.15, 0.2) is 34.2 Å². The van der Waals surface area contributed by atoms with Gasteiger partial charge >= 0.3 is 0 Å². The Kier molecular flexibility index (Phi) is 4.97. The predicted molar refractivity (Wildman–Crippen MR) is 108 cm³/mol. The van der Waals surface area contributed by atoms with Crippen molar-refractivity contribution in [3.8, 4) is 0 Å². The number of carbonyl (C=O) groups excluding carboxylic acids is 1. The highest BCUT2D eigenvalue weighted by atomic mass is 35.5. The zero-order valence-corrected chi connectivity index (χ0v) is 16.4. The minimum atomic E-state index is -0.167. The van der Waals surface area contributed by atoms with Gasteiger partial charge in [0.15, 0.2) is 16.1 Å². The van der Waals surface area contributed by atoms with Crippen LogP contribution in [-0.2, 0) is 4.79 Å². The summed E-state index contributed by atoms with van der Waals surface area (Å²) in [5.74, 6) is 0.577. The molecule has 1 saturated heterocycles. The van der Waals surface area contributed by atoms with E-state index in [0.717, 1.165) is 54.5 Å². The molecule has 134 valence electrons. The number of benzene rings is 1. The highest BCUT2D eigenvalue weighted by molar-refractivity contribution is 8.18. The van der Waals surface area contributed by atoms with Crippen LogP contribution in [0.3, 0.4) is 0 Å². The van der Waals surface area contributed by atoms with Gasteiger partial charge in [-0.15, -0.1) is 0 Å². The fourth-order valence-electron chi connectivity index (χ4n) is 2.82. The average molecular weight is 406 g/mol. The fraction of sp³-hybridized carbons (Fsp3) is 0.294. The van der Waals surface area contributed by atoms with Crippen LogP contribution in [0, 0.1) is 6.92 Å². The van der Waals surface area contributed by atoms with Crippen LogP contribution in [0.1, 0.15) is 11.1 Å². The summed E-state index contributed by atoms with van der Waals surface area (Å²) in [6.07, 6.45) is 1.90. The van der Waals surface area contributed by atoms with Crippen LogP contribution in [0.4, 0.5) is 5.82 Å². The maximum Gasteiger partial charge on any atom is 0.286 e. The number of aliphatic imine (C=N–C) groups is 1. The summed E-state index contributed by atoms with van der Waals surface area (Å²) in [5, 5.41) is 1.23. The van der Waals surface area contributed by atoms with Gasteiger partial charge in [-0.25, -0.2) is 0 Å². The Morgan fingerprint density at radius 3 is 2.42 bits per heavy atom. The highest BCUT2D eigenvalue weighted by Gasteiger charge is 2.29. The summed E-state index contributed by atoms with van der Waals surface area (Å²) in [4.78, 5) is 21.4. The van der Waals surface area contributed by atoms with Gasteiger partial charge in [-0.2, -0.15) is 13.7 Å². The summed E-state index contributed by atoms with van der Waals surface area (Å²) in [6, 6.07) is 8.10. The van der Waals surface area contributed by atoms with E-state index in [1.807, 2.05) is 37.3 Å². The average Bonchev–Trinajstić information content (AvgIpc) is 3.23. The first kappa shape index (κ1) is 17.5. The second-order valence-corrected chi connectivity index (χ2v) is 7.97. The number of nitrogens with zero attached hydrogens (tertiary/aromatic N) is 5. The van der Waals surface area contributed by atoms with Crippen molar-refractivity contribution in [3.05, 3.63) is 45.5 Å². The van der Waals surface area contributed by atoms with E-state index in [1.54, 1.807) is 0 Å². The lowest BCUT2D eigenvalue weighted by Gasteiger charge is -2.35. The quantitative estimate of drug-likeness (QED) is 0.714. The van der Waals surface area contributed by atoms with E-state index < -0.39 is 0 Å².